The van der Waals surface area contributed by atoms with Crippen LogP contribution < -0.4 is 5.43 Å². The number of aromatic nitrogens is 1. The minimum atomic E-state index is -0.255. The third-order valence-corrected chi connectivity index (χ3v) is 4.92. The first-order valence-electron chi connectivity index (χ1n) is 7.87. The molecule has 1 saturated heterocycles. The van der Waals surface area contributed by atoms with Crippen LogP contribution in [0, 0.1) is 0 Å². The second-order valence-corrected chi connectivity index (χ2v) is 6.58. The van der Waals surface area contributed by atoms with Crippen LogP contribution in [-0.4, -0.2) is 32.9 Å². The number of thioether (sulfide) groups is 1. The molecule has 1 aliphatic rings. The molecule has 1 fully saturated rings. The molecule has 0 radical (unpaired) electrons. The number of hydrogen-bond acceptors (Lipinski definition) is 4. The lowest BCUT2D eigenvalue weighted by atomic mass is 10.1. The molecule has 1 N–H and O–H groups in total. The SMILES string of the molecule is CCCCCCCC1SCC(=O)N1NC(=O)c1ccncc1. The third-order valence-electron chi connectivity index (χ3n) is 3.68. The summed E-state index contributed by atoms with van der Waals surface area (Å²) in [6.45, 7) is 2.20. The summed E-state index contributed by atoms with van der Waals surface area (Å²) in [5, 5.41) is 1.56. The first-order chi connectivity index (χ1) is 10.7. The second-order valence-electron chi connectivity index (χ2n) is 5.41. The summed E-state index contributed by atoms with van der Waals surface area (Å²) >= 11 is 1.61. The molecule has 0 spiro atoms. The van der Waals surface area contributed by atoms with Crippen LogP contribution in [0.2, 0.25) is 0 Å². The number of hydrazine groups is 1. The van der Waals surface area contributed by atoms with Gasteiger partial charge in [0.05, 0.1) is 11.1 Å². The van der Waals surface area contributed by atoms with Crippen molar-refractivity contribution < 1.29 is 9.59 Å². The van der Waals surface area contributed by atoms with E-state index in [1.54, 1.807) is 36.3 Å². The lowest BCUT2D eigenvalue weighted by molar-refractivity contribution is -0.130. The maximum atomic E-state index is 12.2. The summed E-state index contributed by atoms with van der Waals surface area (Å²) in [5.41, 5.74) is 3.26. The Morgan fingerprint density at radius 1 is 1.32 bits per heavy atom. The molecule has 0 aliphatic carbocycles. The Bertz CT molecular complexity index is 495. The molecule has 6 heteroatoms. The van der Waals surface area contributed by atoms with Gasteiger partial charge in [0, 0.05) is 18.0 Å². The number of pyridine rings is 1. The highest BCUT2D eigenvalue weighted by Gasteiger charge is 2.32. The molecule has 1 atom stereocenters. The zero-order valence-corrected chi connectivity index (χ0v) is 13.8. The largest absolute Gasteiger partial charge is 0.272 e. The van der Waals surface area contributed by atoms with Crippen LogP contribution >= 0.6 is 11.8 Å². The molecule has 22 heavy (non-hydrogen) atoms. The molecular formula is C16H23N3O2S. The highest BCUT2D eigenvalue weighted by atomic mass is 32.2. The predicted octanol–water partition coefficient (Wildman–Crippen LogP) is 2.99. The number of amides is 2. The zero-order chi connectivity index (χ0) is 15.8. The molecule has 120 valence electrons. The van der Waals surface area contributed by atoms with Crippen LogP contribution in [0.25, 0.3) is 0 Å². The maximum Gasteiger partial charge on any atom is 0.270 e. The van der Waals surface area contributed by atoms with Gasteiger partial charge >= 0.3 is 0 Å². The summed E-state index contributed by atoms with van der Waals surface area (Å²) in [4.78, 5) is 28.0. The van der Waals surface area contributed by atoms with E-state index in [0.717, 1.165) is 12.8 Å². The van der Waals surface area contributed by atoms with Crippen LogP contribution in [0.4, 0.5) is 0 Å². The molecule has 1 aliphatic heterocycles. The summed E-state index contributed by atoms with van der Waals surface area (Å²) in [6, 6.07) is 3.28. The predicted molar refractivity (Wildman–Crippen MR) is 88.2 cm³/mol. The van der Waals surface area contributed by atoms with Gasteiger partial charge in [0.1, 0.15) is 0 Å². The lowest BCUT2D eigenvalue weighted by Gasteiger charge is -2.24. The first-order valence-corrected chi connectivity index (χ1v) is 8.92. The minimum Gasteiger partial charge on any atom is -0.272 e. The van der Waals surface area contributed by atoms with E-state index in [2.05, 4.69) is 17.3 Å². The normalized spacial score (nSPS) is 17.8. The van der Waals surface area contributed by atoms with Gasteiger partial charge < -0.3 is 0 Å². The fourth-order valence-electron chi connectivity index (χ4n) is 2.42. The standard InChI is InChI=1S/C16H23N3O2S/c1-2-3-4-5-6-7-15-19(14(20)12-22-15)18-16(21)13-8-10-17-11-9-13/h8-11,15H,2-7,12H2,1H3,(H,18,21). The van der Waals surface area contributed by atoms with Crippen molar-refractivity contribution in [1.29, 1.82) is 0 Å². The fourth-order valence-corrected chi connectivity index (χ4v) is 3.55. The molecule has 5 nitrogen and oxygen atoms in total. The molecule has 2 rings (SSSR count). The van der Waals surface area contributed by atoms with Crippen molar-refractivity contribution in [3.63, 3.8) is 0 Å². The van der Waals surface area contributed by atoms with Crippen LogP contribution in [0.1, 0.15) is 55.8 Å². The molecule has 0 saturated carbocycles. The molecule has 1 aromatic heterocycles. The van der Waals surface area contributed by atoms with Crippen molar-refractivity contribution in [2.45, 2.75) is 50.8 Å². The summed E-state index contributed by atoms with van der Waals surface area (Å²) in [6.07, 6.45) is 10.1. The topological polar surface area (TPSA) is 62.3 Å². The first kappa shape index (κ1) is 16.8. The van der Waals surface area contributed by atoms with E-state index in [4.69, 9.17) is 0 Å². The number of hydrogen-bond donors (Lipinski definition) is 1. The van der Waals surface area contributed by atoms with E-state index < -0.39 is 0 Å². The van der Waals surface area contributed by atoms with Crippen molar-refractivity contribution in [3.8, 4) is 0 Å². The highest BCUT2D eigenvalue weighted by Crippen LogP contribution is 2.27. The van der Waals surface area contributed by atoms with E-state index in [0.29, 0.717) is 11.3 Å². The Kier molecular flexibility index (Phi) is 6.71. The zero-order valence-electron chi connectivity index (χ0n) is 13.0. The lowest BCUT2D eigenvalue weighted by Crippen LogP contribution is -2.47. The van der Waals surface area contributed by atoms with Crippen molar-refractivity contribution in [2.75, 3.05) is 5.75 Å². The summed E-state index contributed by atoms with van der Waals surface area (Å²) in [7, 11) is 0. The number of unbranched alkanes of at least 4 members (excludes halogenated alkanes) is 4. The van der Waals surface area contributed by atoms with E-state index in [1.807, 2.05) is 0 Å². The Hall–Kier alpha value is -1.56. The number of nitrogens with one attached hydrogen (secondary N) is 1. The van der Waals surface area contributed by atoms with E-state index in [-0.39, 0.29) is 17.2 Å². The summed E-state index contributed by atoms with van der Waals surface area (Å²) in [5.74, 6) is 0.163. The number of nitrogens with zero attached hydrogens (tertiary/aromatic N) is 2. The Morgan fingerprint density at radius 2 is 2.05 bits per heavy atom. The summed E-state index contributed by atoms with van der Waals surface area (Å²) < 4.78 is 0. The van der Waals surface area contributed by atoms with Gasteiger partial charge in [-0.15, -0.1) is 11.8 Å². The van der Waals surface area contributed by atoms with Crippen LogP contribution in [0.15, 0.2) is 24.5 Å². The van der Waals surface area contributed by atoms with Crippen LogP contribution in [-0.2, 0) is 4.79 Å². The average Bonchev–Trinajstić information content (AvgIpc) is 2.88. The maximum absolute atomic E-state index is 12.2. The van der Waals surface area contributed by atoms with Gasteiger partial charge in [-0.2, -0.15) is 0 Å². The van der Waals surface area contributed by atoms with Crippen molar-refractivity contribution in [1.82, 2.24) is 15.4 Å². The van der Waals surface area contributed by atoms with Gasteiger partial charge in [0.25, 0.3) is 11.8 Å². The van der Waals surface area contributed by atoms with Crippen molar-refractivity contribution >= 4 is 23.6 Å². The van der Waals surface area contributed by atoms with Gasteiger partial charge in [-0.3, -0.25) is 20.0 Å². The van der Waals surface area contributed by atoms with E-state index in [9.17, 15) is 9.59 Å². The van der Waals surface area contributed by atoms with Gasteiger partial charge in [-0.25, -0.2) is 5.01 Å². The number of carbonyl (C=O) groups excluding carboxylic acids is 2. The molecule has 2 heterocycles. The monoisotopic (exact) mass is 321 g/mol. The van der Waals surface area contributed by atoms with Crippen molar-refractivity contribution in [3.05, 3.63) is 30.1 Å². The van der Waals surface area contributed by atoms with E-state index >= 15 is 0 Å². The Morgan fingerprint density at radius 3 is 2.77 bits per heavy atom. The Labute approximate surface area is 135 Å². The molecule has 0 bridgehead atoms. The minimum absolute atomic E-state index is 0.0223. The molecule has 1 unspecified atom stereocenters. The van der Waals surface area contributed by atoms with Crippen molar-refractivity contribution in [2.24, 2.45) is 0 Å². The second kappa shape index (κ2) is 8.78. The average molecular weight is 321 g/mol. The third kappa shape index (κ3) is 4.73. The quantitative estimate of drug-likeness (QED) is 0.748. The fraction of sp³-hybridized carbons (Fsp3) is 0.562. The van der Waals surface area contributed by atoms with Crippen LogP contribution in [0.5, 0.6) is 0 Å². The highest BCUT2D eigenvalue weighted by molar-refractivity contribution is 8.00. The van der Waals surface area contributed by atoms with Gasteiger partial charge in [0.15, 0.2) is 0 Å². The molecule has 2 amide bonds. The molecular weight excluding hydrogens is 298 g/mol. The van der Waals surface area contributed by atoms with Gasteiger partial charge in [-0.05, 0) is 18.6 Å². The molecule has 1 aromatic rings. The van der Waals surface area contributed by atoms with E-state index in [1.165, 1.54) is 30.7 Å². The number of rotatable bonds is 8. The van der Waals surface area contributed by atoms with Gasteiger partial charge in [0.2, 0.25) is 0 Å². The number of carbonyl (C=O) groups is 2. The molecule has 0 aromatic carbocycles. The van der Waals surface area contributed by atoms with Crippen LogP contribution in [0.3, 0.4) is 0 Å². The van der Waals surface area contributed by atoms with Gasteiger partial charge in [-0.1, -0.05) is 39.0 Å². The Balaban J connectivity index is 1.84. The smallest absolute Gasteiger partial charge is 0.270 e.